The number of nitrogens with one attached hydrogen (secondary N) is 1. The van der Waals surface area contributed by atoms with Crippen LogP contribution in [-0.2, 0) is 0 Å². The molecule has 0 spiro atoms. The van der Waals surface area contributed by atoms with Crippen molar-refractivity contribution < 1.29 is 0 Å². The molecular formula is C13H19N. The fraction of sp³-hybridized carbons (Fsp3) is 0.385. The third-order valence-electron chi connectivity index (χ3n) is 2.39. The Morgan fingerprint density at radius 2 is 1.79 bits per heavy atom. The number of hydrogen-bond donors (Lipinski definition) is 1. The Labute approximate surface area is 86.8 Å². The van der Waals surface area contributed by atoms with Gasteiger partial charge in [-0.3, -0.25) is 0 Å². The van der Waals surface area contributed by atoms with Gasteiger partial charge in [0.2, 0.25) is 0 Å². The van der Waals surface area contributed by atoms with E-state index >= 15 is 0 Å². The molecule has 0 radical (unpaired) electrons. The van der Waals surface area contributed by atoms with Crippen molar-refractivity contribution >= 4 is 5.57 Å². The lowest BCUT2D eigenvalue weighted by molar-refractivity contribution is 0.866. The molecule has 1 heteroatoms. The van der Waals surface area contributed by atoms with Gasteiger partial charge in [0.1, 0.15) is 0 Å². The van der Waals surface area contributed by atoms with Crippen molar-refractivity contribution in [1.29, 1.82) is 0 Å². The first-order chi connectivity index (χ1) is 6.65. The quantitative estimate of drug-likeness (QED) is 0.768. The lowest BCUT2D eigenvalue weighted by Crippen LogP contribution is -1.94. The fourth-order valence-electron chi connectivity index (χ4n) is 1.43. The molecule has 0 aliphatic rings. The monoisotopic (exact) mass is 189 g/mol. The highest BCUT2D eigenvalue weighted by atomic mass is 14.8. The number of hydrogen-bond acceptors (Lipinski definition) is 1. The minimum absolute atomic E-state index is 0.609. The van der Waals surface area contributed by atoms with Crippen molar-refractivity contribution in [3.05, 3.63) is 41.6 Å². The van der Waals surface area contributed by atoms with E-state index in [2.05, 4.69) is 50.4 Å². The van der Waals surface area contributed by atoms with Crippen molar-refractivity contribution in [2.75, 3.05) is 7.05 Å². The highest BCUT2D eigenvalue weighted by molar-refractivity contribution is 5.63. The molecule has 1 N–H and O–H groups in total. The van der Waals surface area contributed by atoms with E-state index in [0.717, 1.165) is 0 Å². The molecule has 1 rings (SSSR count). The molecule has 76 valence electrons. The lowest BCUT2D eigenvalue weighted by atomic mass is 10.00. The van der Waals surface area contributed by atoms with Gasteiger partial charge in [0, 0.05) is 7.05 Å². The van der Waals surface area contributed by atoms with Crippen LogP contribution in [0.1, 0.15) is 37.8 Å². The van der Waals surface area contributed by atoms with Crippen LogP contribution in [0.15, 0.2) is 30.5 Å². The molecule has 1 aromatic carbocycles. The molecule has 0 amide bonds. The smallest absolute Gasteiger partial charge is 0.00278 e. The fourth-order valence-corrected chi connectivity index (χ4v) is 1.43. The number of allylic oxidation sites excluding steroid dienone is 1. The molecule has 1 nitrogen and oxygen atoms in total. The normalized spacial score (nSPS) is 11.9. The Morgan fingerprint density at radius 1 is 1.21 bits per heavy atom. The van der Waals surface area contributed by atoms with Crippen LogP contribution < -0.4 is 5.32 Å². The Kier molecular flexibility index (Phi) is 3.75. The molecule has 0 fully saturated rings. The average molecular weight is 189 g/mol. The first-order valence-electron chi connectivity index (χ1n) is 5.09. The van der Waals surface area contributed by atoms with Crippen LogP contribution in [-0.4, -0.2) is 7.05 Å². The largest absolute Gasteiger partial charge is 0.394 e. The summed E-state index contributed by atoms with van der Waals surface area (Å²) >= 11 is 0. The molecule has 0 saturated heterocycles. The van der Waals surface area contributed by atoms with E-state index < -0.39 is 0 Å². The summed E-state index contributed by atoms with van der Waals surface area (Å²) in [7, 11) is 1.92. The third-order valence-corrected chi connectivity index (χ3v) is 2.39. The third kappa shape index (κ3) is 2.63. The van der Waals surface area contributed by atoms with Gasteiger partial charge in [0.25, 0.3) is 0 Å². The Bertz CT molecular complexity index is 307. The van der Waals surface area contributed by atoms with Gasteiger partial charge in [-0.15, -0.1) is 0 Å². The average Bonchev–Trinajstić information content (AvgIpc) is 2.18. The van der Waals surface area contributed by atoms with Gasteiger partial charge in [0.05, 0.1) is 0 Å². The lowest BCUT2D eigenvalue weighted by Gasteiger charge is -2.07. The van der Waals surface area contributed by atoms with E-state index in [0.29, 0.717) is 5.92 Å². The Hall–Kier alpha value is -1.24. The van der Waals surface area contributed by atoms with Gasteiger partial charge < -0.3 is 5.32 Å². The van der Waals surface area contributed by atoms with Crippen LogP contribution in [0, 0.1) is 0 Å². The van der Waals surface area contributed by atoms with Crippen LogP contribution in [0.5, 0.6) is 0 Å². The second-order valence-electron chi connectivity index (χ2n) is 3.89. The van der Waals surface area contributed by atoms with Crippen molar-refractivity contribution in [2.45, 2.75) is 26.7 Å². The van der Waals surface area contributed by atoms with Gasteiger partial charge in [-0.25, -0.2) is 0 Å². The molecule has 1 aromatic rings. The summed E-state index contributed by atoms with van der Waals surface area (Å²) in [5.41, 5.74) is 3.94. The summed E-state index contributed by atoms with van der Waals surface area (Å²) in [6, 6.07) is 8.76. The molecule has 0 saturated carbocycles. The van der Waals surface area contributed by atoms with Crippen molar-refractivity contribution in [3.63, 3.8) is 0 Å². The summed E-state index contributed by atoms with van der Waals surface area (Å²) in [4.78, 5) is 0. The van der Waals surface area contributed by atoms with Gasteiger partial charge in [-0.2, -0.15) is 0 Å². The summed E-state index contributed by atoms with van der Waals surface area (Å²) in [6.45, 7) is 6.54. The molecule has 0 heterocycles. The van der Waals surface area contributed by atoms with Crippen molar-refractivity contribution in [2.24, 2.45) is 0 Å². The van der Waals surface area contributed by atoms with Crippen LogP contribution >= 0.6 is 0 Å². The van der Waals surface area contributed by atoms with Crippen molar-refractivity contribution in [3.8, 4) is 0 Å². The van der Waals surface area contributed by atoms with Gasteiger partial charge in [-0.05, 0) is 35.7 Å². The minimum atomic E-state index is 0.609. The highest BCUT2D eigenvalue weighted by Crippen LogP contribution is 2.18. The van der Waals surface area contributed by atoms with E-state index in [4.69, 9.17) is 0 Å². The summed E-state index contributed by atoms with van der Waals surface area (Å²) in [5.74, 6) is 0.609. The van der Waals surface area contributed by atoms with Crippen LogP contribution in [0.25, 0.3) is 5.57 Å². The molecule has 0 aliphatic heterocycles. The summed E-state index contributed by atoms with van der Waals surface area (Å²) in [5, 5.41) is 3.04. The van der Waals surface area contributed by atoms with Crippen LogP contribution in [0.2, 0.25) is 0 Å². The standard InChI is InChI=1S/C13H19N/c1-10(2)12-5-7-13(8-6-12)11(3)9-14-4/h5-10,14H,1-4H3/b11-9+. The van der Waals surface area contributed by atoms with E-state index in [9.17, 15) is 0 Å². The molecule has 14 heavy (non-hydrogen) atoms. The molecule has 0 atom stereocenters. The van der Waals surface area contributed by atoms with Gasteiger partial charge >= 0.3 is 0 Å². The van der Waals surface area contributed by atoms with Gasteiger partial charge in [0.15, 0.2) is 0 Å². The molecule has 0 bridgehead atoms. The second-order valence-corrected chi connectivity index (χ2v) is 3.89. The van der Waals surface area contributed by atoms with Crippen LogP contribution in [0.3, 0.4) is 0 Å². The molecule has 0 aliphatic carbocycles. The maximum absolute atomic E-state index is 3.04. The Morgan fingerprint density at radius 3 is 2.21 bits per heavy atom. The Balaban J connectivity index is 2.88. The zero-order valence-electron chi connectivity index (χ0n) is 9.46. The minimum Gasteiger partial charge on any atom is -0.394 e. The first-order valence-corrected chi connectivity index (χ1v) is 5.09. The zero-order valence-corrected chi connectivity index (χ0v) is 9.46. The van der Waals surface area contributed by atoms with E-state index in [1.807, 2.05) is 13.2 Å². The van der Waals surface area contributed by atoms with Crippen molar-refractivity contribution in [1.82, 2.24) is 5.32 Å². The van der Waals surface area contributed by atoms with Crippen LogP contribution in [0.4, 0.5) is 0 Å². The SMILES string of the molecule is CN/C=C(\C)c1ccc(C(C)C)cc1. The number of rotatable bonds is 3. The highest BCUT2D eigenvalue weighted by Gasteiger charge is 1.99. The van der Waals surface area contributed by atoms with E-state index in [1.54, 1.807) is 0 Å². The molecule has 0 aromatic heterocycles. The second kappa shape index (κ2) is 4.85. The predicted molar refractivity (Wildman–Crippen MR) is 63.2 cm³/mol. The topological polar surface area (TPSA) is 12.0 Å². The maximum atomic E-state index is 3.04. The number of benzene rings is 1. The maximum Gasteiger partial charge on any atom is 0.00278 e. The van der Waals surface area contributed by atoms with Gasteiger partial charge in [-0.1, -0.05) is 38.1 Å². The first kappa shape index (κ1) is 10.8. The predicted octanol–water partition coefficient (Wildman–Crippen LogP) is 3.39. The summed E-state index contributed by atoms with van der Waals surface area (Å²) in [6.07, 6.45) is 2.02. The van der Waals surface area contributed by atoms with E-state index in [1.165, 1.54) is 16.7 Å². The van der Waals surface area contributed by atoms with E-state index in [-0.39, 0.29) is 0 Å². The molecule has 0 unspecified atom stereocenters. The zero-order chi connectivity index (χ0) is 10.6. The summed E-state index contributed by atoms with van der Waals surface area (Å²) < 4.78 is 0. The molecular weight excluding hydrogens is 170 g/mol.